The van der Waals surface area contributed by atoms with Gasteiger partial charge >= 0.3 is 6.18 Å². The molecule has 1 aliphatic rings. The zero-order valence-corrected chi connectivity index (χ0v) is 21.7. The molecular formula is C24H24F3N7O3S. The fraction of sp³-hybridized carbons (Fsp3) is 0.417. The number of aromatic amines is 1. The highest BCUT2D eigenvalue weighted by atomic mass is 32.1. The monoisotopic (exact) mass is 547 g/mol. The summed E-state index contributed by atoms with van der Waals surface area (Å²) < 4.78 is 47.4. The Kier molecular flexibility index (Phi) is 6.55. The molecule has 4 aromatic heterocycles. The van der Waals surface area contributed by atoms with Crippen molar-refractivity contribution in [2.75, 3.05) is 18.4 Å². The molecule has 0 radical (unpaired) electrons. The first-order valence-electron chi connectivity index (χ1n) is 11.9. The first kappa shape index (κ1) is 26.0. The lowest BCUT2D eigenvalue weighted by atomic mass is 10.1. The van der Waals surface area contributed by atoms with Gasteiger partial charge in [0.1, 0.15) is 22.0 Å². The molecule has 1 unspecified atom stereocenters. The predicted octanol–water partition coefficient (Wildman–Crippen LogP) is 4.07. The number of ether oxygens (including phenoxy) is 1. The van der Waals surface area contributed by atoms with Crippen LogP contribution in [0.5, 0.6) is 0 Å². The number of anilines is 1. The lowest BCUT2D eigenvalue weighted by Crippen LogP contribution is -2.48. The van der Waals surface area contributed by atoms with Crippen molar-refractivity contribution in [2.24, 2.45) is 0 Å². The standard InChI is InChI=1S/C24H24F3N7O3S/c1-10-8-34(9-11(2)37-10)23(36)22-31-15-5-6-17(32-21(15)38-22)28-12(3)18-14(24(25,26)27)7-16-19(33-18)20(35)30-13(4)29-16/h5-7,10-12H,8-9H2,1-4H3,(H,28,32)(H,29,30,35)/t10-,11+,12?. The number of hydrogen-bond acceptors (Lipinski definition) is 9. The van der Waals surface area contributed by atoms with Gasteiger partial charge in [0.25, 0.3) is 11.5 Å². The Bertz CT molecular complexity index is 1590. The van der Waals surface area contributed by atoms with E-state index in [1.165, 1.54) is 13.8 Å². The van der Waals surface area contributed by atoms with Gasteiger partial charge in [-0.15, -0.1) is 0 Å². The molecule has 2 N–H and O–H groups in total. The second kappa shape index (κ2) is 9.58. The van der Waals surface area contributed by atoms with Crippen molar-refractivity contribution in [1.29, 1.82) is 0 Å². The summed E-state index contributed by atoms with van der Waals surface area (Å²) in [7, 11) is 0. The van der Waals surface area contributed by atoms with Crippen LogP contribution in [0, 0.1) is 6.92 Å². The van der Waals surface area contributed by atoms with E-state index in [-0.39, 0.29) is 51.5 Å². The zero-order valence-electron chi connectivity index (χ0n) is 20.9. The van der Waals surface area contributed by atoms with Crippen LogP contribution in [-0.4, -0.2) is 61.0 Å². The molecule has 0 aromatic carbocycles. The normalized spacial score (nSPS) is 19.2. The summed E-state index contributed by atoms with van der Waals surface area (Å²) in [4.78, 5) is 46.9. The maximum Gasteiger partial charge on any atom is 0.418 e. The van der Waals surface area contributed by atoms with E-state index in [1.807, 2.05) is 13.8 Å². The molecule has 38 heavy (non-hydrogen) atoms. The van der Waals surface area contributed by atoms with E-state index in [9.17, 15) is 22.8 Å². The van der Waals surface area contributed by atoms with Crippen LogP contribution in [0.25, 0.3) is 21.4 Å². The Morgan fingerprint density at radius 2 is 1.87 bits per heavy atom. The molecule has 5 heterocycles. The largest absolute Gasteiger partial charge is 0.418 e. The van der Waals surface area contributed by atoms with Crippen LogP contribution >= 0.6 is 11.3 Å². The maximum atomic E-state index is 13.9. The molecule has 4 aromatic rings. The molecular weight excluding hydrogens is 523 g/mol. The number of fused-ring (bicyclic) bond motifs is 2. The molecule has 10 nitrogen and oxygen atoms in total. The van der Waals surface area contributed by atoms with Crippen LogP contribution in [0.2, 0.25) is 0 Å². The number of rotatable bonds is 4. The molecule has 0 spiro atoms. The number of carbonyl (C=O) groups excluding carboxylic acids is 1. The molecule has 200 valence electrons. The Morgan fingerprint density at radius 1 is 1.16 bits per heavy atom. The van der Waals surface area contributed by atoms with Crippen molar-refractivity contribution in [2.45, 2.75) is 52.1 Å². The number of nitrogens with zero attached hydrogens (tertiary/aromatic N) is 5. The number of halogens is 3. The number of alkyl halides is 3. The summed E-state index contributed by atoms with van der Waals surface area (Å²) >= 11 is 1.11. The fourth-order valence-electron chi connectivity index (χ4n) is 4.52. The first-order valence-corrected chi connectivity index (χ1v) is 12.7. The van der Waals surface area contributed by atoms with E-state index in [1.54, 1.807) is 17.0 Å². The van der Waals surface area contributed by atoms with E-state index < -0.39 is 23.3 Å². The second-order valence-electron chi connectivity index (χ2n) is 9.31. The number of thiazole rings is 1. The van der Waals surface area contributed by atoms with E-state index in [0.717, 1.165) is 17.4 Å². The van der Waals surface area contributed by atoms with Crippen molar-refractivity contribution < 1.29 is 22.7 Å². The smallest absolute Gasteiger partial charge is 0.372 e. The van der Waals surface area contributed by atoms with Gasteiger partial charge < -0.3 is 19.9 Å². The quantitative estimate of drug-likeness (QED) is 0.392. The number of aryl methyl sites for hydroxylation is 1. The number of H-pyrrole nitrogens is 1. The number of amides is 1. The van der Waals surface area contributed by atoms with Crippen LogP contribution < -0.4 is 10.9 Å². The van der Waals surface area contributed by atoms with Gasteiger partial charge in [-0.3, -0.25) is 9.59 Å². The van der Waals surface area contributed by atoms with E-state index in [4.69, 9.17) is 4.74 Å². The zero-order chi connectivity index (χ0) is 27.4. The molecule has 3 atom stereocenters. The molecule has 1 amide bonds. The Labute approximate surface area is 218 Å². The van der Waals surface area contributed by atoms with E-state index in [2.05, 4.69) is 30.2 Å². The third kappa shape index (κ3) is 5.05. The average Bonchev–Trinajstić information content (AvgIpc) is 3.25. The fourth-order valence-corrected chi connectivity index (χ4v) is 5.42. The predicted molar refractivity (Wildman–Crippen MR) is 135 cm³/mol. The summed E-state index contributed by atoms with van der Waals surface area (Å²) in [6.45, 7) is 7.68. The lowest BCUT2D eigenvalue weighted by Gasteiger charge is -2.34. The van der Waals surface area contributed by atoms with Crippen LogP contribution in [0.15, 0.2) is 23.0 Å². The molecule has 0 aliphatic carbocycles. The number of nitrogens with one attached hydrogen (secondary N) is 2. The van der Waals surface area contributed by atoms with Gasteiger partial charge in [0.2, 0.25) is 0 Å². The minimum atomic E-state index is -4.72. The van der Waals surface area contributed by atoms with Crippen molar-refractivity contribution in [3.63, 3.8) is 0 Å². The molecule has 5 rings (SSSR count). The molecule has 14 heteroatoms. The van der Waals surface area contributed by atoms with Crippen LogP contribution in [0.4, 0.5) is 19.0 Å². The number of morpholine rings is 1. The molecule has 0 bridgehead atoms. The van der Waals surface area contributed by atoms with Gasteiger partial charge in [-0.05, 0) is 45.9 Å². The number of pyridine rings is 2. The van der Waals surface area contributed by atoms with E-state index >= 15 is 0 Å². The third-order valence-electron chi connectivity index (χ3n) is 6.05. The minimum absolute atomic E-state index is 0.0896. The summed E-state index contributed by atoms with van der Waals surface area (Å²) in [6.07, 6.45) is -4.90. The van der Waals surface area contributed by atoms with Crippen molar-refractivity contribution in [1.82, 2.24) is 29.8 Å². The van der Waals surface area contributed by atoms with Crippen molar-refractivity contribution in [3.05, 3.63) is 50.6 Å². The summed E-state index contributed by atoms with van der Waals surface area (Å²) in [5, 5.41) is 3.21. The maximum absolute atomic E-state index is 13.9. The second-order valence-corrected chi connectivity index (χ2v) is 10.3. The summed E-state index contributed by atoms with van der Waals surface area (Å²) in [6, 6.07) is 3.08. The molecule has 1 fully saturated rings. The van der Waals surface area contributed by atoms with Gasteiger partial charge in [0.05, 0.1) is 35.0 Å². The number of aromatic nitrogens is 5. The average molecular weight is 548 g/mol. The highest BCUT2D eigenvalue weighted by molar-refractivity contribution is 7.19. The third-order valence-corrected chi connectivity index (χ3v) is 7.01. The SMILES string of the molecule is Cc1nc2cc(C(F)(F)F)c(C(C)Nc3ccc4nc(C(=O)N5C[C@@H](C)O[C@@H](C)C5)sc4n3)nc2c(=O)[nH]1. The van der Waals surface area contributed by atoms with Gasteiger partial charge in [0.15, 0.2) is 10.5 Å². The van der Waals surface area contributed by atoms with Crippen LogP contribution in [0.1, 0.15) is 53.7 Å². The van der Waals surface area contributed by atoms with Crippen LogP contribution in [0.3, 0.4) is 0 Å². The Balaban J connectivity index is 1.44. The number of carbonyl (C=O) groups is 1. The van der Waals surface area contributed by atoms with Gasteiger partial charge in [0, 0.05) is 13.1 Å². The van der Waals surface area contributed by atoms with E-state index in [0.29, 0.717) is 23.4 Å². The molecule has 1 saturated heterocycles. The number of hydrogen-bond donors (Lipinski definition) is 2. The van der Waals surface area contributed by atoms with Gasteiger partial charge in [-0.2, -0.15) is 13.2 Å². The molecule has 1 aliphatic heterocycles. The minimum Gasteiger partial charge on any atom is -0.372 e. The van der Waals surface area contributed by atoms with Crippen molar-refractivity contribution in [3.8, 4) is 0 Å². The van der Waals surface area contributed by atoms with Crippen LogP contribution in [-0.2, 0) is 10.9 Å². The van der Waals surface area contributed by atoms with Crippen molar-refractivity contribution >= 4 is 44.4 Å². The summed E-state index contributed by atoms with van der Waals surface area (Å²) in [5.74, 6) is 0.239. The Hall–Kier alpha value is -3.65. The highest BCUT2D eigenvalue weighted by Gasteiger charge is 2.37. The lowest BCUT2D eigenvalue weighted by molar-refractivity contribution is -0.138. The van der Waals surface area contributed by atoms with Gasteiger partial charge in [-0.25, -0.2) is 19.9 Å². The first-order chi connectivity index (χ1) is 17.9. The highest BCUT2D eigenvalue weighted by Crippen LogP contribution is 2.36. The van der Waals surface area contributed by atoms with Gasteiger partial charge in [-0.1, -0.05) is 11.3 Å². The topological polar surface area (TPSA) is 126 Å². The molecule has 0 saturated carbocycles. The summed E-state index contributed by atoms with van der Waals surface area (Å²) in [5.41, 5.74) is -1.81. The Morgan fingerprint density at radius 3 is 2.55 bits per heavy atom.